The van der Waals surface area contributed by atoms with Crippen molar-refractivity contribution in [1.82, 2.24) is 15.1 Å². The van der Waals surface area contributed by atoms with E-state index in [2.05, 4.69) is 15.7 Å². The molecule has 1 aromatic heterocycles. The number of ether oxygens (including phenoxy) is 2. The largest absolute Gasteiger partial charge is 0.497 e. The van der Waals surface area contributed by atoms with Crippen molar-refractivity contribution in [2.75, 3.05) is 19.0 Å². The molecule has 1 heterocycles. The number of hydrogen-bond donors (Lipinski definition) is 2. The smallest absolute Gasteiger partial charge is 0.325 e. The lowest BCUT2D eigenvalue weighted by molar-refractivity contribution is -0.148. The van der Waals surface area contributed by atoms with E-state index in [9.17, 15) is 14.4 Å². The van der Waals surface area contributed by atoms with Crippen LogP contribution in [0.5, 0.6) is 5.75 Å². The molecule has 0 unspecified atom stereocenters. The van der Waals surface area contributed by atoms with Gasteiger partial charge in [-0.15, -0.1) is 0 Å². The Hall–Kier alpha value is -4.14. The van der Waals surface area contributed by atoms with Crippen molar-refractivity contribution >= 4 is 23.6 Å². The van der Waals surface area contributed by atoms with Crippen LogP contribution in [0.15, 0.2) is 67.0 Å². The fourth-order valence-electron chi connectivity index (χ4n) is 2.68. The molecule has 9 heteroatoms. The van der Waals surface area contributed by atoms with E-state index >= 15 is 0 Å². The maximum atomic E-state index is 11.9. The molecule has 0 atom stereocenters. The lowest BCUT2D eigenvalue weighted by Gasteiger charge is -2.08. The van der Waals surface area contributed by atoms with Gasteiger partial charge in [-0.25, -0.2) is 9.48 Å². The molecular formula is C22H22N4O5. The zero-order chi connectivity index (χ0) is 22.1. The van der Waals surface area contributed by atoms with Crippen LogP contribution >= 0.6 is 0 Å². The molecule has 0 saturated heterocycles. The summed E-state index contributed by atoms with van der Waals surface area (Å²) in [6.45, 7) is -0.544. The topological polar surface area (TPSA) is 112 Å². The minimum atomic E-state index is -0.726. The van der Waals surface area contributed by atoms with E-state index < -0.39 is 24.5 Å². The first kappa shape index (κ1) is 21.6. The van der Waals surface area contributed by atoms with Crippen molar-refractivity contribution in [3.63, 3.8) is 0 Å². The van der Waals surface area contributed by atoms with Crippen molar-refractivity contribution in [2.24, 2.45) is 0 Å². The Morgan fingerprint density at radius 3 is 2.48 bits per heavy atom. The van der Waals surface area contributed by atoms with Crippen LogP contribution in [-0.2, 0) is 20.7 Å². The zero-order valence-electron chi connectivity index (χ0n) is 16.9. The lowest BCUT2D eigenvalue weighted by Crippen LogP contribution is -2.37. The summed E-state index contributed by atoms with van der Waals surface area (Å²) in [6.07, 6.45) is 4.02. The predicted molar refractivity (Wildman–Crippen MR) is 113 cm³/mol. The second-order valence-corrected chi connectivity index (χ2v) is 6.52. The van der Waals surface area contributed by atoms with Crippen LogP contribution in [0.4, 0.5) is 10.5 Å². The van der Waals surface area contributed by atoms with Crippen LogP contribution in [-0.4, -0.2) is 41.4 Å². The minimum absolute atomic E-state index is 0.0891. The van der Waals surface area contributed by atoms with E-state index in [4.69, 9.17) is 9.47 Å². The molecule has 3 amide bonds. The summed E-state index contributed by atoms with van der Waals surface area (Å²) < 4.78 is 11.7. The fraction of sp³-hybridized carbons (Fsp3) is 0.182. The van der Waals surface area contributed by atoms with Gasteiger partial charge in [-0.1, -0.05) is 18.2 Å². The molecule has 0 radical (unpaired) electrons. The molecule has 2 aromatic carbocycles. The number of anilines is 1. The summed E-state index contributed by atoms with van der Waals surface area (Å²) >= 11 is 0. The van der Waals surface area contributed by atoms with Crippen molar-refractivity contribution in [3.8, 4) is 11.4 Å². The number of benzene rings is 2. The summed E-state index contributed by atoms with van der Waals surface area (Å²) in [6, 6.07) is 15.5. The first-order valence-electron chi connectivity index (χ1n) is 9.53. The van der Waals surface area contributed by atoms with Crippen LogP contribution in [0.1, 0.15) is 12.0 Å². The Morgan fingerprint density at radius 1 is 1.03 bits per heavy atom. The molecule has 0 fully saturated rings. The van der Waals surface area contributed by atoms with E-state index in [1.807, 2.05) is 36.5 Å². The van der Waals surface area contributed by atoms with E-state index in [1.165, 1.54) is 7.11 Å². The molecular weight excluding hydrogens is 400 g/mol. The van der Waals surface area contributed by atoms with E-state index in [0.29, 0.717) is 17.9 Å². The van der Waals surface area contributed by atoms with Gasteiger partial charge in [-0.05, 0) is 48.4 Å². The summed E-state index contributed by atoms with van der Waals surface area (Å²) in [7, 11) is 1.53. The predicted octanol–water partition coefficient (Wildman–Crippen LogP) is 2.71. The summed E-state index contributed by atoms with van der Waals surface area (Å²) in [4.78, 5) is 35.5. The quantitative estimate of drug-likeness (QED) is 0.540. The van der Waals surface area contributed by atoms with Gasteiger partial charge in [0.2, 0.25) is 0 Å². The number of aromatic nitrogens is 2. The van der Waals surface area contributed by atoms with Gasteiger partial charge < -0.3 is 14.8 Å². The number of rotatable bonds is 8. The molecule has 0 aliphatic rings. The molecule has 9 nitrogen and oxygen atoms in total. The van der Waals surface area contributed by atoms with Crippen molar-refractivity contribution in [1.29, 1.82) is 0 Å². The van der Waals surface area contributed by atoms with Gasteiger partial charge in [0.05, 0.1) is 19.0 Å². The number of amides is 3. The number of nitrogens with one attached hydrogen (secondary N) is 2. The number of imide groups is 1. The molecule has 0 spiro atoms. The maximum absolute atomic E-state index is 11.9. The summed E-state index contributed by atoms with van der Waals surface area (Å²) in [5.74, 6) is -0.629. The molecule has 0 bridgehead atoms. The molecule has 0 aliphatic heterocycles. The number of carbonyl (C=O) groups excluding carboxylic acids is 3. The van der Waals surface area contributed by atoms with Gasteiger partial charge in [0.25, 0.3) is 5.91 Å². The first-order chi connectivity index (χ1) is 15.0. The zero-order valence-corrected chi connectivity index (χ0v) is 16.9. The molecule has 31 heavy (non-hydrogen) atoms. The van der Waals surface area contributed by atoms with E-state index in [1.54, 1.807) is 35.1 Å². The van der Waals surface area contributed by atoms with Crippen LogP contribution < -0.4 is 15.4 Å². The average Bonchev–Trinajstić information content (AvgIpc) is 3.26. The molecule has 3 aromatic rings. The third kappa shape index (κ3) is 6.70. The molecule has 0 aliphatic carbocycles. The number of esters is 1. The van der Waals surface area contributed by atoms with Crippen molar-refractivity contribution in [2.45, 2.75) is 12.8 Å². The maximum Gasteiger partial charge on any atom is 0.325 e. The number of hydrogen-bond acceptors (Lipinski definition) is 6. The Morgan fingerprint density at radius 2 is 1.77 bits per heavy atom. The standard InChI is InChI=1S/C22H22N4O5/c1-30-19-10-8-17(9-11-19)24-22(29)25-20(27)15-31-21(28)12-7-16-13-23-26(14-16)18-5-3-2-4-6-18/h2-6,8-11,13-14H,7,12,15H2,1H3,(H2,24,25,27,29). The monoisotopic (exact) mass is 422 g/mol. The summed E-state index contributed by atoms with van der Waals surface area (Å²) in [5, 5.41) is 8.86. The number of methoxy groups -OCH3 is 1. The Labute approximate surface area is 179 Å². The highest BCUT2D eigenvalue weighted by Gasteiger charge is 2.12. The third-order valence-corrected chi connectivity index (χ3v) is 4.24. The van der Waals surface area contributed by atoms with Crippen LogP contribution in [0.2, 0.25) is 0 Å². The molecule has 2 N–H and O–H groups in total. The van der Waals surface area contributed by atoms with Gasteiger partial charge >= 0.3 is 12.0 Å². The number of aryl methyl sites for hydroxylation is 1. The Kier molecular flexibility index (Phi) is 7.36. The van der Waals surface area contributed by atoms with Gasteiger partial charge in [-0.3, -0.25) is 14.9 Å². The normalized spacial score (nSPS) is 10.2. The SMILES string of the molecule is COc1ccc(NC(=O)NC(=O)COC(=O)CCc2cnn(-c3ccccc3)c2)cc1. The highest BCUT2D eigenvalue weighted by Crippen LogP contribution is 2.14. The number of carbonyl (C=O) groups is 3. The number of para-hydroxylation sites is 1. The lowest BCUT2D eigenvalue weighted by atomic mass is 10.2. The summed E-state index contributed by atoms with van der Waals surface area (Å²) in [5.41, 5.74) is 2.27. The van der Waals surface area contributed by atoms with Crippen molar-refractivity contribution < 1.29 is 23.9 Å². The second-order valence-electron chi connectivity index (χ2n) is 6.52. The van der Waals surface area contributed by atoms with Crippen LogP contribution in [0, 0.1) is 0 Å². The Balaban J connectivity index is 1.36. The molecule has 3 rings (SSSR count). The van der Waals surface area contributed by atoms with Crippen molar-refractivity contribution in [3.05, 3.63) is 72.6 Å². The number of nitrogens with zero attached hydrogens (tertiary/aromatic N) is 2. The fourth-order valence-corrected chi connectivity index (χ4v) is 2.68. The third-order valence-electron chi connectivity index (χ3n) is 4.24. The molecule has 160 valence electrons. The highest BCUT2D eigenvalue weighted by molar-refractivity contribution is 6.01. The van der Waals surface area contributed by atoms with E-state index in [0.717, 1.165) is 11.3 Å². The van der Waals surface area contributed by atoms with Gasteiger partial charge in [-0.2, -0.15) is 5.10 Å². The highest BCUT2D eigenvalue weighted by atomic mass is 16.5. The van der Waals surface area contributed by atoms with E-state index in [-0.39, 0.29) is 6.42 Å². The first-order valence-corrected chi connectivity index (χ1v) is 9.53. The average molecular weight is 422 g/mol. The Bertz CT molecular complexity index is 1030. The van der Waals surface area contributed by atoms with Gasteiger partial charge in [0, 0.05) is 18.3 Å². The van der Waals surface area contributed by atoms with Gasteiger partial charge in [0.15, 0.2) is 6.61 Å². The molecule has 0 saturated carbocycles. The van der Waals surface area contributed by atoms with Crippen LogP contribution in [0.25, 0.3) is 5.69 Å². The van der Waals surface area contributed by atoms with Crippen LogP contribution in [0.3, 0.4) is 0 Å². The second kappa shape index (κ2) is 10.6. The van der Waals surface area contributed by atoms with Gasteiger partial charge in [0.1, 0.15) is 5.75 Å². The minimum Gasteiger partial charge on any atom is -0.497 e. The number of urea groups is 1.